The van der Waals surface area contributed by atoms with Gasteiger partial charge < -0.3 is 4.90 Å². The lowest BCUT2D eigenvalue weighted by Crippen LogP contribution is -2.36. The van der Waals surface area contributed by atoms with Crippen molar-refractivity contribution in [3.8, 4) is 0 Å². The van der Waals surface area contributed by atoms with Crippen LogP contribution in [0.25, 0.3) is 0 Å². The van der Waals surface area contributed by atoms with Crippen LogP contribution < -0.4 is 4.90 Å². The monoisotopic (exact) mass is 302 g/mol. The third kappa shape index (κ3) is 2.54. The molecule has 20 heavy (non-hydrogen) atoms. The highest BCUT2D eigenvalue weighted by molar-refractivity contribution is 8.16. The van der Waals surface area contributed by atoms with Gasteiger partial charge in [0.1, 0.15) is 5.82 Å². The number of carbonyl (C=O) groups is 1. The quantitative estimate of drug-likeness (QED) is 0.859. The number of carbonyl (C=O) groups excluding carboxylic acids is 1. The summed E-state index contributed by atoms with van der Waals surface area (Å²) in [5.41, 5.74) is 0.603. The number of thioether (sulfide) groups is 1. The summed E-state index contributed by atoms with van der Waals surface area (Å²) >= 11 is 0.744. The predicted molar refractivity (Wildman–Crippen MR) is 73.9 cm³/mol. The lowest BCUT2D eigenvalue weighted by molar-refractivity contribution is -0.122. The van der Waals surface area contributed by atoms with Gasteiger partial charge in [0, 0.05) is 12.2 Å². The second kappa shape index (κ2) is 5.47. The molecule has 0 saturated carbocycles. The Labute approximate surface area is 118 Å². The number of rotatable bonds is 3. The Balaban J connectivity index is 2.28. The van der Waals surface area contributed by atoms with Gasteiger partial charge in [0.25, 0.3) is 12.3 Å². The third-order valence-corrected chi connectivity index (χ3v) is 4.30. The largest absolute Gasteiger partial charge is 0.321 e. The number of nitrogens with zero attached hydrogens (tertiary/aromatic N) is 2. The average Bonchev–Trinajstić information content (AvgIpc) is 2.70. The lowest BCUT2D eigenvalue weighted by atomic mass is 10.2. The molecule has 0 aliphatic carbocycles. The summed E-state index contributed by atoms with van der Waals surface area (Å²) in [5, 5.41) is 0.215. The molecule has 0 aromatic heterocycles. The second-order valence-corrected chi connectivity index (χ2v) is 5.85. The first-order chi connectivity index (χ1) is 9.38. The van der Waals surface area contributed by atoms with Crippen molar-refractivity contribution in [2.24, 2.45) is 4.99 Å². The number of amides is 1. The molecule has 0 spiro atoms. The summed E-state index contributed by atoms with van der Waals surface area (Å²) in [6.07, 6.45) is -2.80. The molecule has 1 amide bonds. The average molecular weight is 302 g/mol. The molecule has 7 heteroatoms. The highest BCUT2D eigenvalue weighted by Gasteiger charge is 2.50. The number of halogens is 3. The zero-order valence-electron chi connectivity index (χ0n) is 10.9. The van der Waals surface area contributed by atoms with E-state index in [1.54, 1.807) is 11.8 Å². The van der Waals surface area contributed by atoms with E-state index < -0.39 is 17.1 Å². The van der Waals surface area contributed by atoms with Gasteiger partial charge in [-0.3, -0.25) is 4.79 Å². The summed E-state index contributed by atoms with van der Waals surface area (Å²) in [5.74, 6) is -1.23. The van der Waals surface area contributed by atoms with Crippen molar-refractivity contribution in [1.82, 2.24) is 0 Å². The summed E-state index contributed by atoms with van der Waals surface area (Å²) in [7, 11) is 0. The molecule has 0 bridgehead atoms. The molecular formula is C13H13F3N2OS. The summed E-state index contributed by atoms with van der Waals surface area (Å²) in [6, 6.07) is 5.58. The van der Waals surface area contributed by atoms with Gasteiger partial charge in [0.15, 0.2) is 9.91 Å². The molecule has 1 aliphatic rings. The molecule has 108 valence electrons. The van der Waals surface area contributed by atoms with Gasteiger partial charge in [-0.05, 0) is 38.1 Å². The maximum Gasteiger partial charge on any atom is 0.270 e. The Morgan fingerprint density at radius 3 is 2.40 bits per heavy atom. The summed E-state index contributed by atoms with van der Waals surface area (Å²) in [4.78, 5) is 17.0. The molecule has 0 saturated heterocycles. The van der Waals surface area contributed by atoms with E-state index in [0.29, 0.717) is 12.2 Å². The minimum Gasteiger partial charge on any atom is -0.321 e. The van der Waals surface area contributed by atoms with E-state index in [-0.39, 0.29) is 11.0 Å². The van der Waals surface area contributed by atoms with Crippen LogP contribution in [0.3, 0.4) is 0 Å². The van der Waals surface area contributed by atoms with Crippen LogP contribution in [0.1, 0.15) is 13.8 Å². The smallest absolute Gasteiger partial charge is 0.270 e. The van der Waals surface area contributed by atoms with E-state index >= 15 is 0 Å². The first-order valence-electron chi connectivity index (χ1n) is 6.02. The van der Waals surface area contributed by atoms with Crippen molar-refractivity contribution >= 4 is 28.5 Å². The molecule has 3 nitrogen and oxygen atoms in total. The van der Waals surface area contributed by atoms with Crippen LogP contribution in [0.2, 0.25) is 0 Å². The van der Waals surface area contributed by atoms with Crippen molar-refractivity contribution in [3.05, 3.63) is 30.1 Å². The fourth-order valence-corrected chi connectivity index (χ4v) is 2.83. The van der Waals surface area contributed by atoms with Crippen molar-refractivity contribution < 1.29 is 18.0 Å². The number of anilines is 1. The number of amidine groups is 1. The van der Waals surface area contributed by atoms with E-state index in [1.807, 2.05) is 0 Å². The minimum atomic E-state index is -2.80. The van der Waals surface area contributed by atoms with Gasteiger partial charge in [0.2, 0.25) is 0 Å². The van der Waals surface area contributed by atoms with Crippen LogP contribution in [0.4, 0.5) is 18.9 Å². The molecule has 1 atom stereocenters. The molecule has 2 rings (SSSR count). The number of aliphatic imine (C=N–C) groups is 1. The molecule has 0 N–H and O–H groups in total. The van der Waals surface area contributed by atoms with E-state index in [1.165, 1.54) is 31.2 Å². The van der Waals surface area contributed by atoms with Gasteiger partial charge >= 0.3 is 0 Å². The van der Waals surface area contributed by atoms with Crippen LogP contribution in [0.15, 0.2) is 29.3 Å². The van der Waals surface area contributed by atoms with Crippen LogP contribution in [0, 0.1) is 5.82 Å². The number of alkyl halides is 2. The van der Waals surface area contributed by atoms with Gasteiger partial charge in [-0.1, -0.05) is 11.8 Å². The highest BCUT2D eigenvalue weighted by Crippen LogP contribution is 2.40. The van der Waals surface area contributed by atoms with Gasteiger partial charge in [-0.2, -0.15) is 4.99 Å². The summed E-state index contributed by atoms with van der Waals surface area (Å²) < 4.78 is 37.0. The molecule has 0 fully saturated rings. The van der Waals surface area contributed by atoms with Crippen molar-refractivity contribution in [1.29, 1.82) is 0 Å². The second-order valence-electron chi connectivity index (χ2n) is 4.43. The zero-order chi connectivity index (χ0) is 14.9. The standard InChI is InChI=1S/C13H13F3N2OS/c1-3-18(9-6-4-8(14)5-7-9)12-17-11(19)13(2,20-12)10(15)16/h4-7,10H,3H2,1-2H3. The van der Waals surface area contributed by atoms with E-state index in [9.17, 15) is 18.0 Å². The molecule has 1 aromatic rings. The fourth-order valence-electron chi connectivity index (χ4n) is 1.76. The van der Waals surface area contributed by atoms with Crippen molar-refractivity contribution in [2.75, 3.05) is 11.4 Å². The summed E-state index contributed by atoms with van der Waals surface area (Å²) in [6.45, 7) is 3.42. The predicted octanol–water partition coefficient (Wildman–Crippen LogP) is 3.31. The molecule has 1 unspecified atom stereocenters. The van der Waals surface area contributed by atoms with E-state index in [2.05, 4.69) is 4.99 Å². The normalized spacial score (nSPS) is 22.3. The molecule has 1 aliphatic heterocycles. The number of hydrogen-bond donors (Lipinski definition) is 0. The fraction of sp³-hybridized carbons (Fsp3) is 0.385. The molecular weight excluding hydrogens is 289 g/mol. The Morgan fingerprint density at radius 2 is 1.95 bits per heavy atom. The lowest BCUT2D eigenvalue weighted by Gasteiger charge is -2.24. The molecule has 1 aromatic carbocycles. The Morgan fingerprint density at radius 1 is 1.35 bits per heavy atom. The first-order valence-corrected chi connectivity index (χ1v) is 6.83. The van der Waals surface area contributed by atoms with Crippen molar-refractivity contribution in [2.45, 2.75) is 25.0 Å². The Kier molecular flexibility index (Phi) is 4.08. The SMILES string of the molecule is CCN(C1=NC(=O)C(C)(C(F)F)S1)c1ccc(F)cc1. The Hall–Kier alpha value is -1.50. The topological polar surface area (TPSA) is 32.7 Å². The minimum absolute atomic E-state index is 0.215. The third-order valence-electron chi connectivity index (χ3n) is 3.03. The first kappa shape index (κ1) is 14.9. The van der Waals surface area contributed by atoms with Crippen LogP contribution in [-0.2, 0) is 4.79 Å². The maximum atomic E-state index is 13.0. The Bertz CT molecular complexity index is 547. The van der Waals surface area contributed by atoms with E-state index in [4.69, 9.17) is 0 Å². The van der Waals surface area contributed by atoms with Gasteiger partial charge in [-0.25, -0.2) is 13.2 Å². The molecule has 0 radical (unpaired) electrons. The van der Waals surface area contributed by atoms with Crippen LogP contribution in [0.5, 0.6) is 0 Å². The zero-order valence-corrected chi connectivity index (χ0v) is 11.8. The van der Waals surface area contributed by atoms with Gasteiger partial charge in [0.05, 0.1) is 0 Å². The maximum absolute atomic E-state index is 13.0. The molecule has 1 heterocycles. The van der Waals surface area contributed by atoms with Gasteiger partial charge in [-0.15, -0.1) is 0 Å². The number of hydrogen-bond acceptors (Lipinski definition) is 3. The van der Waals surface area contributed by atoms with Crippen LogP contribution >= 0.6 is 11.8 Å². The van der Waals surface area contributed by atoms with E-state index in [0.717, 1.165) is 11.8 Å². The van der Waals surface area contributed by atoms with Crippen molar-refractivity contribution in [3.63, 3.8) is 0 Å². The van der Waals surface area contributed by atoms with Crippen LogP contribution in [-0.4, -0.2) is 28.8 Å². The highest BCUT2D eigenvalue weighted by atomic mass is 32.2. The number of benzene rings is 1.